The van der Waals surface area contributed by atoms with Gasteiger partial charge in [-0.25, -0.2) is 0 Å². The third-order valence-electron chi connectivity index (χ3n) is 2.67. The quantitative estimate of drug-likeness (QED) is 0.638. The number of hydrogen-bond donors (Lipinski definition) is 0. The Morgan fingerprint density at radius 1 is 1.57 bits per heavy atom. The summed E-state index contributed by atoms with van der Waals surface area (Å²) in [5.41, 5.74) is 0. The maximum atomic E-state index is 10.6. The van der Waals surface area contributed by atoms with Crippen molar-refractivity contribution in [3.8, 4) is 0 Å². The highest BCUT2D eigenvalue weighted by molar-refractivity contribution is 5.53. The molecule has 3 atom stereocenters. The fraction of sp³-hybridized carbons (Fsp3) is 0.909. The first-order valence-electron chi connectivity index (χ1n) is 5.50. The average molecular weight is 200 g/mol. The second-order valence-electron chi connectivity index (χ2n) is 3.87. The van der Waals surface area contributed by atoms with E-state index in [4.69, 9.17) is 9.47 Å². The van der Waals surface area contributed by atoms with Crippen LogP contribution in [0.2, 0.25) is 0 Å². The van der Waals surface area contributed by atoms with E-state index in [1.807, 2.05) is 13.8 Å². The number of ether oxygens (including phenoxy) is 2. The van der Waals surface area contributed by atoms with E-state index in [1.54, 1.807) is 0 Å². The molecule has 1 aliphatic heterocycles. The van der Waals surface area contributed by atoms with Crippen molar-refractivity contribution in [1.82, 2.24) is 0 Å². The summed E-state index contributed by atoms with van der Waals surface area (Å²) in [6.45, 7) is 4.72. The van der Waals surface area contributed by atoms with E-state index >= 15 is 0 Å². The van der Waals surface area contributed by atoms with Crippen LogP contribution in [0.15, 0.2) is 0 Å². The van der Waals surface area contributed by atoms with Gasteiger partial charge in [-0.3, -0.25) is 0 Å². The summed E-state index contributed by atoms with van der Waals surface area (Å²) in [5, 5.41) is 0. The van der Waals surface area contributed by atoms with Crippen molar-refractivity contribution in [1.29, 1.82) is 0 Å². The zero-order chi connectivity index (χ0) is 10.4. The zero-order valence-electron chi connectivity index (χ0n) is 9.07. The van der Waals surface area contributed by atoms with Gasteiger partial charge in [0.25, 0.3) is 0 Å². The third-order valence-corrected chi connectivity index (χ3v) is 2.67. The van der Waals surface area contributed by atoms with Gasteiger partial charge in [-0.15, -0.1) is 0 Å². The molecule has 0 aromatic carbocycles. The summed E-state index contributed by atoms with van der Waals surface area (Å²) in [6.07, 6.45) is 4.99. The molecule has 14 heavy (non-hydrogen) atoms. The van der Waals surface area contributed by atoms with Crippen LogP contribution < -0.4 is 0 Å². The lowest BCUT2D eigenvalue weighted by molar-refractivity contribution is -0.196. The largest absolute Gasteiger partial charge is 0.353 e. The minimum absolute atomic E-state index is 0.00981. The lowest BCUT2D eigenvalue weighted by atomic mass is 10.0. The molecule has 1 heterocycles. The summed E-state index contributed by atoms with van der Waals surface area (Å²) in [5.74, 6) is -0.0365. The van der Waals surface area contributed by atoms with Crippen molar-refractivity contribution in [2.75, 3.05) is 6.61 Å². The molecule has 1 rings (SSSR count). The standard InChI is InChI=1S/C11H20O3/c1-3-10(9(2)8-12)14-11-6-4-5-7-13-11/h8-11H,3-7H2,1-2H3/t9-,10-,11?/m1/s1. The first kappa shape index (κ1) is 11.7. The van der Waals surface area contributed by atoms with Gasteiger partial charge in [-0.2, -0.15) is 0 Å². The molecule has 1 saturated heterocycles. The highest BCUT2D eigenvalue weighted by Crippen LogP contribution is 2.19. The maximum Gasteiger partial charge on any atom is 0.157 e. The monoisotopic (exact) mass is 200 g/mol. The fourth-order valence-corrected chi connectivity index (χ4v) is 1.69. The van der Waals surface area contributed by atoms with Crippen LogP contribution in [-0.4, -0.2) is 25.3 Å². The van der Waals surface area contributed by atoms with Crippen LogP contribution in [0.5, 0.6) is 0 Å². The average Bonchev–Trinajstić information content (AvgIpc) is 2.26. The second-order valence-corrected chi connectivity index (χ2v) is 3.87. The number of hydrogen-bond acceptors (Lipinski definition) is 3. The molecule has 0 spiro atoms. The van der Waals surface area contributed by atoms with E-state index < -0.39 is 0 Å². The Hall–Kier alpha value is -0.410. The Balaban J connectivity index is 2.34. The van der Waals surface area contributed by atoms with E-state index in [0.717, 1.165) is 38.6 Å². The van der Waals surface area contributed by atoms with Crippen LogP contribution >= 0.6 is 0 Å². The summed E-state index contributed by atoms with van der Waals surface area (Å²) in [6, 6.07) is 0. The first-order chi connectivity index (χ1) is 6.77. The van der Waals surface area contributed by atoms with Gasteiger partial charge in [-0.1, -0.05) is 13.8 Å². The van der Waals surface area contributed by atoms with Crippen LogP contribution in [0, 0.1) is 5.92 Å². The van der Waals surface area contributed by atoms with Crippen LogP contribution in [0.25, 0.3) is 0 Å². The van der Waals surface area contributed by atoms with Crippen molar-refractivity contribution in [3.05, 3.63) is 0 Å². The Labute approximate surface area is 85.8 Å². The molecule has 0 saturated carbocycles. The molecule has 1 aliphatic rings. The molecule has 0 aliphatic carbocycles. The van der Waals surface area contributed by atoms with Gasteiger partial charge in [0.1, 0.15) is 6.29 Å². The molecule has 0 amide bonds. The van der Waals surface area contributed by atoms with Gasteiger partial charge in [0, 0.05) is 12.5 Å². The molecular weight excluding hydrogens is 180 g/mol. The predicted octanol–water partition coefficient (Wildman–Crippen LogP) is 2.14. The summed E-state index contributed by atoms with van der Waals surface area (Å²) in [4.78, 5) is 10.6. The zero-order valence-corrected chi connectivity index (χ0v) is 9.07. The normalized spacial score (nSPS) is 26.9. The Kier molecular flexibility index (Phi) is 5.12. The minimum Gasteiger partial charge on any atom is -0.353 e. The van der Waals surface area contributed by atoms with Crippen molar-refractivity contribution in [2.45, 2.75) is 51.9 Å². The van der Waals surface area contributed by atoms with Gasteiger partial charge >= 0.3 is 0 Å². The van der Waals surface area contributed by atoms with Crippen molar-refractivity contribution < 1.29 is 14.3 Å². The van der Waals surface area contributed by atoms with Gasteiger partial charge in [-0.05, 0) is 25.7 Å². The summed E-state index contributed by atoms with van der Waals surface area (Å²) in [7, 11) is 0. The van der Waals surface area contributed by atoms with Crippen LogP contribution in [0.3, 0.4) is 0 Å². The third kappa shape index (κ3) is 3.39. The smallest absolute Gasteiger partial charge is 0.157 e. The molecule has 3 heteroatoms. The van der Waals surface area contributed by atoms with E-state index in [2.05, 4.69) is 0 Å². The number of aldehydes is 1. The van der Waals surface area contributed by atoms with Crippen LogP contribution in [0.1, 0.15) is 39.5 Å². The van der Waals surface area contributed by atoms with Gasteiger partial charge in [0.15, 0.2) is 6.29 Å². The Bertz CT molecular complexity index is 164. The van der Waals surface area contributed by atoms with E-state index in [0.29, 0.717) is 0 Å². The van der Waals surface area contributed by atoms with Crippen molar-refractivity contribution >= 4 is 6.29 Å². The molecule has 0 aromatic rings. The maximum absolute atomic E-state index is 10.6. The topological polar surface area (TPSA) is 35.5 Å². The van der Waals surface area contributed by atoms with Crippen LogP contribution in [0.4, 0.5) is 0 Å². The molecule has 0 bridgehead atoms. The molecule has 0 radical (unpaired) electrons. The highest BCUT2D eigenvalue weighted by atomic mass is 16.7. The minimum atomic E-state index is -0.0869. The molecule has 0 N–H and O–H groups in total. The SMILES string of the molecule is CC[C@@H](OC1CCCCO1)[C@H](C)C=O. The van der Waals surface area contributed by atoms with Crippen LogP contribution in [-0.2, 0) is 14.3 Å². The second kappa shape index (κ2) is 6.14. The summed E-state index contributed by atoms with van der Waals surface area (Å²) < 4.78 is 11.2. The van der Waals surface area contributed by atoms with Gasteiger partial charge in [0.2, 0.25) is 0 Å². The van der Waals surface area contributed by atoms with Crippen molar-refractivity contribution in [3.63, 3.8) is 0 Å². The van der Waals surface area contributed by atoms with Gasteiger partial charge < -0.3 is 14.3 Å². The lowest BCUT2D eigenvalue weighted by Gasteiger charge is -2.28. The first-order valence-corrected chi connectivity index (χ1v) is 5.50. The molecule has 0 aromatic heterocycles. The van der Waals surface area contributed by atoms with E-state index in [-0.39, 0.29) is 18.3 Å². The molecule has 3 nitrogen and oxygen atoms in total. The van der Waals surface area contributed by atoms with Crippen molar-refractivity contribution in [2.24, 2.45) is 5.92 Å². The number of carbonyl (C=O) groups is 1. The number of rotatable bonds is 5. The molecule has 1 unspecified atom stereocenters. The molecular formula is C11H20O3. The lowest BCUT2D eigenvalue weighted by Crippen LogP contribution is -2.31. The predicted molar refractivity (Wildman–Crippen MR) is 54.0 cm³/mol. The Morgan fingerprint density at radius 3 is 2.86 bits per heavy atom. The Morgan fingerprint density at radius 2 is 2.36 bits per heavy atom. The number of carbonyl (C=O) groups excluding carboxylic acids is 1. The van der Waals surface area contributed by atoms with E-state index in [1.165, 1.54) is 0 Å². The fourth-order valence-electron chi connectivity index (χ4n) is 1.69. The highest BCUT2D eigenvalue weighted by Gasteiger charge is 2.22. The van der Waals surface area contributed by atoms with Gasteiger partial charge in [0.05, 0.1) is 6.10 Å². The molecule has 82 valence electrons. The molecule has 1 fully saturated rings. The summed E-state index contributed by atoms with van der Waals surface area (Å²) >= 11 is 0. The van der Waals surface area contributed by atoms with E-state index in [9.17, 15) is 4.79 Å².